The summed E-state index contributed by atoms with van der Waals surface area (Å²) in [6.45, 7) is 0. The van der Waals surface area contributed by atoms with Crippen LogP contribution in [-0.2, 0) is 0 Å². The number of halogens is 1. The summed E-state index contributed by atoms with van der Waals surface area (Å²) in [5, 5.41) is 2.78. The van der Waals surface area contributed by atoms with Crippen molar-refractivity contribution in [1.82, 2.24) is 9.55 Å². The van der Waals surface area contributed by atoms with Crippen LogP contribution in [0.1, 0.15) is 10.5 Å². The minimum Gasteiger partial charge on any atom is -0.296 e. The standard InChI is InChI=1S/C14H9BrN2OS/c15-12-6-2-1-5-11(12)13-9-19-14(16-13)17-7-3-4-10(17)8-18/h1-9H. The Morgan fingerprint density at radius 1 is 1.21 bits per heavy atom. The van der Waals surface area contributed by atoms with E-state index in [4.69, 9.17) is 0 Å². The molecule has 5 heteroatoms. The van der Waals surface area contributed by atoms with Crippen molar-refractivity contribution in [3.05, 3.63) is 58.1 Å². The van der Waals surface area contributed by atoms with E-state index in [0.29, 0.717) is 5.69 Å². The molecule has 0 radical (unpaired) electrons. The van der Waals surface area contributed by atoms with Crippen LogP contribution in [0, 0.1) is 0 Å². The summed E-state index contributed by atoms with van der Waals surface area (Å²) in [5.74, 6) is 0. The van der Waals surface area contributed by atoms with Crippen LogP contribution >= 0.6 is 27.3 Å². The highest BCUT2D eigenvalue weighted by Gasteiger charge is 2.10. The Morgan fingerprint density at radius 3 is 2.84 bits per heavy atom. The normalized spacial score (nSPS) is 10.6. The zero-order valence-corrected chi connectivity index (χ0v) is 12.2. The second kappa shape index (κ2) is 5.11. The first-order chi connectivity index (χ1) is 9.29. The Morgan fingerprint density at radius 2 is 2.05 bits per heavy atom. The molecule has 0 aliphatic carbocycles. The molecule has 0 aliphatic rings. The van der Waals surface area contributed by atoms with Crippen LogP contribution in [0.25, 0.3) is 16.4 Å². The van der Waals surface area contributed by atoms with Crippen molar-refractivity contribution in [1.29, 1.82) is 0 Å². The molecule has 3 rings (SSSR count). The van der Waals surface area contributed by atoms with Crippen LogP contribution in [0.2, 0.25) is 0 Å². The summed E-state index contributed by atoms with van der Waals surface area (Å²) in [7, 11) is 0. The molecule has 0 atom stereocenters. The molecule has 3 nitrogen and oxygen atoms in total. The number of hydrogen-bond donors (Lipinski definition) is 0. The van der Waals surface area contributed by atoms with Gasteiger partial charge in [-0.25, -0.2) is 4.98 Å². The average molecular weight is 333 g/mol. The van der Waals surface area contributed by atoms with E-state index in [0.717, 1.165) is 27.1 Å². The second-order valence-electron chi connectivity index (χ2n) is 3.92. The van der Waals surface area contributed by atoms with E-state index in [2.05, 4.69) is 20.9 Å². The van der Waals surface area contributed by atoms with Crippen molar-refractivity contribution in [3.63, 3.8) is 0 Å². The molecule has 94 valence electrons. The monoisotopic (exact) mass is 332 g/mol. The van der Waals surface area contributed by atoms with Gasteiger partial charge < -0.3 is 0 Å². The fourth-order valence-corrected chi connectivity index (χ4v) is 3.15. The van der Waals surface area contributed by atoms with E-state index in [1.807, 2.05) is 41.9 Å². The Bertz CT molecular complexity index is 732. The Balaban J connectivity index is 2.05. The molecule has 1 aromatic carbocycles. The van der Waals surface area contributed by atoms with E-state index < -0.39 is 0 Å². The molecular weight excluding hydrogens is 324 g/mol. The van der Waals surface area contributed by atoms with Crippen molar-refractivity contribution in [3.8, 4) is 16.4 Å². The van der Waals surface area contributed by atoms with Crippen LogP contribution < -0.4 is 0 Å². The lowest BCUT2D eigenvalue weighted by molar-refractivity contribution is 0.111. The number of nitrogens with zero attached hydrogens (tertiary/aromatic N) is 2. The minimum atomic E-state index is 0.605. The average Bonchev–Trinajstić information content (AvgIpc) is 3.07. The van der Waals surface area contributed by atoms with Crippen LogP contribution in [0.3, 0.4) is 0 Å². The van der Waals surface area contributed by atoms with E-state index in [-0.39, 0.29) is 0 Å². The molecule has 19 heavy (non-hydrogen) atoms. The molecule has 0 unspecified atom stereocenters. The molecule has 2 heterocycles. The SMILES string of the molecule is O=Cc1cccn1-c1nc(-c2ccccc2Br)cs1. The third-order valence-electron chi connectivity index (χ3n) is 2.75. The number of aromatic nitrogens is 2. The zero-order chi connectivity index (χ0) is 13.2. The molecule has 0 spiro atoms. The van der Waals surface area contributed by atoms with Crippen LogP contribution in [-0.4, -0.2) is 15.8 Å². The lowest BCUT2D eigenvalue weighted by Crippen LogP contribution is -1.96. The van der Waals surface area contributed by atoms with Crippen LogP contribution in [0.15, 0.2) is 52.4 Å². The maximum atomic E-state index is 10.9. The Labute approximate surface area is 122 Å². The summed E-state index contributed by atoms with van der Waals surface area (Å²) in [6, 6.07) is 11.6. The topological polar surface area (TPSA) is 34.9 Å². The summed E-state index contributed by atoms with van der Waals surface area (Å²) in [5.41, 5.74) is 2.55. The van der Waals surface area contributed by atoms with E-state index in [9.17, 15) is 4.79 Å². The van der Waals surface area contributed by atoms with Gasteiger partial charge in [0.15, 0.2) is 11.4 Å². The molecule has 0 aliphatic heterocycles. The van der Waals surface area contributed by atoms with Crippen molar-refractivity contribution in [2.45, 2.75) is 0 Å². The van der Waals surface area contributed by atoms with Gasteiger partial charge in [-0.2, -0.15) is 0 Å². The zero-order valence-electron chi connectivity index (χ0n) is 9.79. The van der Waals surface area contributed by atoms with Gasteiger partial charge in [0.1, 0.15) is 0 Å². The predicted octanol–water partition coefficient (Wildman–Crippen LogP) is 4.18. The number of carbonyl (C=O) groups excluding carboxylic acids is 1. The lowest BCUT2D eigenvalue weighted by Gasteiger charge is -2.01. The second-order valence-corrected chi connectivity index (χ2v) is 5.61. The number of benzene rings is 1. The van der Waals surface area contributed by atoms with E-state index >= 15 is 0 Å². The van der Waals surface area contributed by atoms with Gasteiger partial charge in [-0.05, 0) is 18.2 Å². The van der Waals surface area contributed by atoms with Gasteiger partial charge in [-0.15, -0.1) is 11.3 Å². The molecule has 0 saturated carbocycles. The van der Waals surface area contributed by atoms with Crippen molar-refractivity contribution < 1.29 is 4.79 Å². The first kappa shape index (κ1) is 12.3. The van der Waals surface area contributed by atoms with Gasteiger partial charge >= 0.3 is 0 Å². The number of thiazole rings is 1. The van der Waals surface area contributed by atoms with Gasteiger partial charge in [0.2, 0.25) is 0 Å². The highest BCUT2D eigenvalue weighted by Crippen LogP contribution is 2.30. The number of hydrogen-bond acceptors (Lipinski definition) is 3. The third-order valence-corrected chi connectivity index (χ3v) is 4.28. The van der Waals surface area contributed by atoms with Crippen LogP contribution in [0.5, 0.6) is 0 Å². The summed E-state index contributed by atoms with van der Waals surface area (Å²) in [4.78, 5) is 15.5. The van der Waals surface area contributed by atoms with Gasteiger partial charge in [0.05, 0.1) is 11.4 Å². The molecule has 2 aromatic heterocycles. The van der Waals surface area contributed by atoms with Gasteiger partial charge in [-0.3, -0.25) is 9.36 Å². The van der Waals surface area contributed by atoms with Gasteiger partial charge in [0.25, 0.3) is 0 Å². The molecule has 0 N–H and O–H groups in total. The predicted molar refractivity (Wildman–Crippen MR) is 80.0 cm³/mol. The maximum Gasteiger partial charge on any atom is 0.194 e. The van der Waals surface area contributed by atoms with E-state index in [1.165, 1.54) is 11.3 Å². The number of carbonyl (C=O) groups is 1. The Kier molecular flexibility index (Phi) is 3.31. The molecule has 0 bridgehead atoms. The fourth-order valence-electron chi connectivity index (χ4n) is 1.83. The van der Waals surface area contributed by atoms with E-state index in [1.54, 1.807) is 10.6 Å². The Hall–Kier alpha value is -1.72. The molecule has 0 saturated heterocycles. The first-order valence-electron chi connectivity index (χ1n) is 5.63. The quantitative estimate of drug-likeness (QED) is 0.674. The summed E-state index contributed by atoms with van der Waals surface area (Å²) >= 11 is 5.03. The third kappa shape index (κ3) is 2.27. The van der Waals surface area contributed by atoms with Gasteiger partial charge in [0, 0.05) is 21.6 Å². The van der Waals surface area contributed by atoms with Crippen molar-refractivity contribution >= 4 is 33.6 Å². The first-order valence-corrected chi connectivity index (χ1v) is 7.30. The molecular formula is C14H9BrN2OS. The molecule has 0 fully saturated rings. The molecule has 0 amide bonds. The number of rotatable bonds is 3. The largest absolute Gasteiger partial charge is 0.296 e. The molecule has 3 aromatic rings. The summed E-state index contributed by atoms with van der Waals surface area (Å²) in [6.07, 6.45) is 2.67. The smallest absolute Gasteiger partial charge is 0.194 e. The van der Waals surface area contributed by atoms with Gasteiger partial charge in [-0.1, -0.05) is 34.1 Å². The lowest BCUT2D eigenvalue weighted by atomic mass is 10.2. The van der Waals surface area contributed by atoms with Crippen LogP contribution in [0.4, 0.5) is 0 Å². The highest BCUT2D eigenvalue weighted by atomic mass is 79.9. The fraction of sp³-hybridized carbons (Fsp3) is 0. The van der Waals surface area contributed by atoms with Crippen molar-refractivity contribution in [2.75, 3.05) is 0 Å². The highest BCUT2D eigenvalue weighted by molar-refractivity contribution is 9.10. The maximum absolute atomic E-state index is 10.9. The number of aldehydes is 1. The summed E-state index contributed by atoms with van der Waals surface area (Å²) < 4.78 is 2.80. The van der Waals surface area contributed by atoms with Crippen molar-refractivity contribution in [2.24, 2.45) is 0 Å². The minimum absolute atomic E-state index is 0.605.